The second-order valence-electron chi connectivity index (χ2n) is 9.36. The van der Waals surface area contributed by atoms with Crippen LogP contribution >= 0.6 is 11.6 Å². The summed E-state index contributed by atoms with van der Waals surface area (Å²) in [6, 6.07) is 6.01. The number of rotatable bonds is 9. The van der Waals surface area contributed by atoms with Gasteiger partial charge in [-0.15, -0.1) is 5.10 Å². The van der Waals surface area contributed by atoms with Crippen molar-refractivity contribution in [3.05, 3.63) is 41.4 Å². The van der Waals surface area contributed by atoms with E-state index in [0.29, 0.717) is 47.0 Å². The first-order valence-corrected chi connectivity index (χ1v) is 12.7. The number of carbonyl (C=O) groups excluding carboxylic acids is 2. The van der Waals surface area contributed by atoms with Crippen molar-refractivity contribution in [1.82, 2.24) is 24.9 Å². The first kappa shape index (κ1) is 24.3. The van der Waals surface area contributed by atoms with E-state index in [1.807, 2.05) is 6.07 Å². The molecule has 190 valence electrons. The second kappa shape index (κ2) is 10.7. The van der Waals surface area contributed by atoms with Crippen LogP contribution in [-0.4, -0.2) is 56.1 Å². The van der Waals surface area contributed by atoms with Crippen molar-refractivity contribution in [3.8, 4) is 0 Å². The molecule has 3 heterocycles. The monoisotopic (exact) mass is 511 g/mol. The minimum absolute atomic E-state index is 0.0109. The fraction of sp³-hybridized carbons (Fsp3) is 0.458. The Balaban J connectivity index is 1.33. The minimum atomic E-state index is -0.347. The molecule has 0 spiro atoms. The van der Waals surface area contributed by atoms with Crippen LogP contribution < -0.4 is 27.0 Å². The smallest absolute Gasteiger partial charge is 0.276 e. The minimum Gasteiger partial charge on any atom is -0.379 e. The maximum Gasteiger partial charge on any atom is 0.276 e. The summed E-state index contributed by atoms with van der Waals surface area (Å²) in [6.07, 6.45) is 9.20. The van der Waals surface area contributed by atoms with E-state index in [1.54, 1.807) is 16.6 Å². The molecule has 5 rings (SSSR count). The molecule has 2 saturated carbocycles. The fourth-order valence-electron chi connectivity index (χ4n) is 4.45. The van der Waals surface area contributed by atoms with E-state index in [0.717, 1.165) is 44.2 Å². The molecule has 3 aromatic rings. The Morgan fingerprint density at radius 1 is 1.03 bits per heavy atom. The average molecular weight is 512 g/mol. The Morgan fingerprint density at radius 2 is 1.75 bits per heavy atom. The zero-order valence-corrected chi connectivity index (χ0v) is 20.6. The third kappa shape index (κ3) is 5.85. The molecular weight excluding hydrogens is 482 g/mol. The molecule has 12 heteroatoms. The standard InChI is InChI=1S/C24H30ClN9O2/c25-20-11-17(8-10-27-20)32-24(36)19-13-28-23-18(29-14-1-2-14)12-21(33-34(19)23)30-15-3-5-16(6-4-15)31-22(35)7-9-26/h8,10-16,29H,1-7,9,26H2,(H,30,33)(H,31,35)(H,27,32,36)/t15-,16-. The summed E-state index contributed by atoms with van der Waals surface area (Å²) >= 11 is 5.95. The molecule has 2 aliphatic carbocycles. The second-order valence-corrected chi connectivity index (χ2v) is 9.75. The van der Waals surface area contributed by atoms with Crippen LogP contribution in [0.3, 0.4) is 0 Å². The topological polar surface area (TPSA) is 151 Å². The number of hydrogen-bond donors (Lipinski definition) is 5. The van der Waals surface area contributed by atoms with Gasteiger partial charge in [0.15, 0.2) is 11.3 Å². The molecule has 2 aliphatic rings. The number of amides is 2. The van der Waals surface area contributed by atoms with Gasteiger partial charge in [0.25, 0.3) is 5.91 Å². The van der Waals surface area contributed by atoms with E-state index in [4.69, 9.17) is 22.4 Å². The zero-order chi connectivity index (χ0) is 25.1. The highest BCUT2D eigenvalue weighted by atomic mass is 35.5. The Kier molecular flexibility index (Phi) is 7.19. The van der Waals surface area contributed by atoms with Gasteiger partial charge in [-0.25, -0.2) is 14.5 Å². The fourth-order valence-corrected chi connectivity index (χ4v) is 4.62. The van der Waals surface area contributed by atoms with Crippen molar-refractivity contribution < 1.29 is 9.59 Å². The number of anilines is 3. The lowest BCUT2D eigenvalue weighted by atomic mass is 9.91. The number of halogens is 1. The van der Waals surface area contributed by atoms with E-state index >= 15 is 0 Å². The lowest BCUT2D eigenvalue weighted by Gasteiger charge is -2.30. The molecule has 3 aromatic heterocycles. The number of aromatic nitrogens is 4. The first-order valence-electron chi connectivity index (χ1n) is 12.3. The molecule has 0 unspecified atom stereocenters. The normalized spacial score (nSPS) is 19.6. The van der Waals surface area contributed by atoms with Gasteiger partial charge < -0.3 is 27.0 Å². The third-order valence-electron chi connectivity index (χ3n) is 6.44. The molecule has 0 saturated heterocycles. The Bertz CT molecular complexity index is 1250. The number of imidazole rings is 1. The van der Waals surface area contributed by atoms with Gasteiger partial charge in [0, 0.05) is 49.0 Å². The van der Waals surface area contributed by atoms with E-state index in [1.165, 1.54) is 12.4 Å². The lowest BCUT2D eigenvalue weighted by molar-refractivity contribution is -0.121. The highest BCUT2D eigenvalue weighted by molar-refractivity contribution is 6.29. The van der Waals surface area contributed by atoms with Crippen LogP contribution in [0, 0.1) is 0 Å². The lowest BCUT2D eigenvalue weighted by Crippen LogP contribution is -2.40. The molecule has 0 bridgehead atoms. The van der Waals surface area contributed by atoms with Crippen molar-refractivity contribution >= 4 is 46.3 Å². The first-order chi connectivity index (χ1) is 17.5. The highest BCUT2D eigenvalue weighted by Gasteiger charge is 2.26. The summed E-state index contributed by atoms with van der Waals surface area (Å²) in [6.45, 7) is 0.360. The van der Waals surface area contributed by atoms with Crippen molar-refractivity contribution in [3.63, 3.8) is 0 Å². The predicted molar refractivity (Wildman–Crippen MR) is 138 cm³/mol. The molecule has 2 amide bonds. The number of hydrogen-bond acceptors (Lipinski definition) is 8. The van der Waals surface area contributed by atoms with E-state index in [-0.39, 0.29) is 23.9 Å². The number of carbonyl (C=O) groups is 2. The quantitative estimate of drug-likeness (QED) is 0.275. The van der Waals surface area contributed by atoms with Crippen molar-refractivity contribution in [2.24, 2.45) is 5.73 Å². The number of fused-ring (bicyclic) bond motifs is 1. The molecular formula is C24H30ClN9O2. The van der Waals surface area contributed by atoms with Crippen LogP contribution in [0.25, 0.3) is 5.65 Å². The van der Waals surface area contributed by atoms with Gasteiger partial charge in [-0.1, -0.05) is 11.6 Å². The van der Waals surface area contributed by atoms with Crippen molar-refractivity contribution in [2.75, 3.05) is 22.5 Å². The Morgan fingerprint density at radius 3 is 2.47 bits per heavy atom. The van der Waals surface area contributed by atoms with Gasteiger partial charge in [-0.05, 0) is 50.7 Å². The third-order valence-corrected chi connectivity index (χ3v) is 6.64. The molecule has 11 nitrogen and oxygen atoms in total. The molecule has 2 fully saturated rings. The summed E-state index contributed by atoms with van der Waals surface area (Å²) < 4.78 is 1.57. The summed E-state index contributed by atoms with van der Waals surface area (Å²) in [5.74, 6) is 0.331. The summed E-state index contributed by atoms with van der Waals surface area (Å²) in [5.41, 5.74) is 7.75. The predicted octanol–water partition coefficient (Wildman–Crippen LogP) is 2.79. The van der Waals surface area contributed by atoms with Gasteiger partial charge in [0.2, 0.25) is 5.91 Å². The van der Waals surface area contributed by atoms with Crippen LogP contribution in [0.1, 0.15) is 55.4 Å². The van der Waals surface area contributed by atoms with Crippen LogP contribution in [0.4, 0.5) is 17.2 Å². The van der Waals surface area contributed by atoms with Crippen LogP contribution in [-0.2, 0) is 4.79 Å². The number of nitrogens with two attached hydrogens (primary N) is 1. The Labute approximate surface area is 213 Å². The molecule has 0 atom stereocenters. The van der Waals surface area contributed by atoms with E-state index in [9.17, 15) is 9.59 Å². The van der Waals surface area contributed by atoms with Gasteiger partial charge in [0.1, 0.15) is 11.0 Å². The Hall–Kier alpha value is -3.44. The van der Waals surface area contributed by atoms with Gasteiger partial charge in [0.05, 0.1) is 11.9 Å². The molecule has 36 heavy (non-hydrogen) atoms. The molecule has 0 radical (unpaired) electrons. The van der Waals surface area contributed by atoms with Gasteiger partial charge in [-0.3, -0.25) is 9.59 Å². The maximum atomic E-state index is 13.1. The van der Waals surface area contributed by atoms with Crippen molar-refractivity contribution in [1.29, 1.82) is 0 Å². The number of nitrogens with one attached hydrogen (secondary N) is 4. The summed E-state index contributed by atoms with van der Waals surface area (Å²) in [5, 5.41) is 17.9. The number of pyridine rings is 1. The zero-order valence-electron chi connectivity index (χ0n) is 19.8. The van der Waals surface area contributed by atoms with Crippen LogP contribution in [0.15, 0.2) is 30.6 Å². The summed E-state index contributed by atoms with van der Waals surface area (Å²) in [7, 11) is 0. The molecule has 0 aromatic carbocycles. The van der Waals surface area contributed by atoms with Crippen LogP contribution in [0.2, 0.25) is 5.15 Å². The summed E-state index contributed by atoms with van der Waals surface area (Å²) in [4.78, 5) is 33.3. The number of nitrogens with zero attached hydrogens (tertiary/aromatic N) is 4. The van der Waals surface area contributed by atoms with Gasteiger partial charge in [-0.2, -0.15) is 0 Å². The maximum absolute atomic E-state index is 13.1. The largest absolute Gasteiger partial charge is 0.379 e. The highest BCUT2D eigenvalue weighted by Crippen LogP contribution is 2.30. The van der Waals surface area contributed by atoms with E-state index < -0.39 is 0 Å². The van der Waals surface area contributed by atoms with Gasteiger partial charge >= 0.3 is 0 Å². The van der Waals surface area contributed by atoms with E-state index in [2.05, 4.69) is 31.2 Å². The molecule has 0 aliphatic heterocycles. The molecule has 6 N–H and O–H groups in total. The SMILES string of the molecule is NCCC(=O)N[C@H]1CC[C@H](Nc2cc(NC3CC3)c3ncc(C(=O)Nc4ccnc(Cl)c4)n3n2)CC1. The van der Waals surface area contributed by atoms with Crippen LogP contribution in [0.5, 0.6) is 0 Å². The average Bonchev–Trinajstić information content (AvgIpc) is 3.55. The van der Waals surface area contributed by atoms with Crippen molar-refractivity contribution in [2.45, 2.75) is 63.1 Å².